The van der Waals surface area contributed by atoms with E-state index in [1.165, 1.54) is 19.3 Å². The number of nitrogens with one attached hydrogen (secondary N) is 2. The number of carbonyl (C=O) groups is 3. The first kappa shape index (κ1) is 18.2. The predicted molar refractivity (Wildman–Crippen MR) is 92.6 cm³/mol. The van der Waals surface area contributed by atoms with Crippen molar-refractivity contribution in [2.24, 2.45) is 0 Å². The Morgan fingerprint density at radius 1 is 0.875 bits per heavy atom. The molecule has 1 aromatic rings. The topological polar surface area (TPSA) is 75.3 Å². The van der Waals surface area contributed by atoms with Crippen molar-refractivity contribution in [3.63, 3.8) is 0 Å². The van der Waals surface area contributed by atoms with Gasteiger partial charge >= 0.3 is 0 Å². The molecule has 0 atom stereocenters. The fraction of sp³-hybridized carbons (Fsp3) is 0.526. The van der Waals surface area contributed by atoms with Crippen molar-refractivity contribution in [2.45, 2.75) is 57.4 Å². The van der Waals surface area contributed by atoms with Crippen molar-refractivity contribution in [2.75, 3.05) is 6.54 Å². The molecule has 0 heterocycles. The zero-order valence-corrected chi connectivity index (χ0v) is 14.1. The van der Waals surface area contributed by atoms with Gasteiger partial charge in [-0.3, -0.25) is 14.4 Å². The highest BCUT2D eigenvalue weighted by molar-refractivity contribution is 5.97. The van der Waals surface area contributed by atoms with Gasteiger partial charge < -0.3 is 10.6 Å². The Hall–Kier alpha value is -2.17. The van der Waals surface area contributed by atoms with E-state index in [-0.39, 0.29) is 36.9 Å². The molecule has 0 unspecified atom stereocenters. The van der Waals surface area contributed by atoms with Crippen molar-refractivity contribution >= 4 is 17.6 Å². The van der Waals surface area contributed by atoms with E-state index in [1.54, 1.807) is 24.3 Å². The van der Waals surface area contributed by atoms with E-state index >= 15 is 0 Å². The highest BCUT2D eigenvalue weighted by atomic mass is 16.2. The molecule has 1 aliphatic carbocycles. The second kappa shape index (κ2) is 9.85. The van der Waals surface area contributed by atoms with Crippen LogP contribution in [0, 0.1) is 0 Å². The first-order valence-corrected chi connectivity index (χ1v) is 8.79. The molecule has 24 heavy (non-hydrogen) atoms. The zero-order valence-electron chi connectivity index (χ0n) is 14.1. The van der Waals surface area contributed by atoms with E-state index in [2.05, 4.69) is 10.6 Å². The summed E-state index contributed by atoms with van der Waals surface area (Å²) >= 11 is 0. The van der Waals surface area contributed by atoms with Gasteiger partial charge in [-0.15, -0.1) is 0 Å². The average Bonchev–Trinajstić information content (AvgIpc) is 2.61. The molecule has 0 spiro atoms. The molecule has 0 aliphatic heterocycles. The Kier molecular flexibility index (Phi) is 7.46. The summed E-state index contributed by atoms with van der Waals surface area (Å²) in [5, 5.41) is 5.73. The van der Waals surface area contributed by atoms with E-state index in [1.807, 2.05) is 6.07 Å². The van der Waals surface area contributed by atoms with Crippen molar-refractivity contribution < 1.29 is 14.4 Å². The third kappa shape index (κ3) is 6.52. The van der Waals surface area contributed by atoms with Gasteiger partial charge in [0.25, 0.3) is 0 Å². The molecular formula is C19H26N2O3. The van der Waals surface area contributed by atoms with Crippen LogP contribution in [0.2, 0.25) is 0 Å². The Labute approximate surface area is 143 Å². The normalized spacial score (nSPS) is 14.8. The van der Waals surface area contributed by atoms with Crippen LogP contribution in [0.15, 0.2) is 30.3 Å². The van der Waals surface area contributed by atoms with Crippen LogP contribution >= 0.6 is 0 Å². The standard InChI is InChI=1S/C19H26N2O3/c22-17(15-7-3-1-4-8-15)11-12-18(23)20-14-13-19(24)21-16-9-5-2-6-10-16/h1,3-4,7-8,16H,2,5-6,9-14H2,(H,20,23)(H,21,24). The molecule has 130 valence electrons. The molecule has 1 aliphatic rings. The molecule has 0 radical (unpaired) electrons. The summed E-state index contributed by atoms with van der Waals surface area (Å²) in [6, 6.07) is 9.25. The number of benzene rings is 1. The third-order valence-corrected chi connectivity index (χ3v) is 4.32. The van der Waals surface area contributed by atoms with E-state index in [4.69, 9.17) is 0 Å². The number of amides is 2. The minimum Gasteiger partial charge on any atom is -0.356 e. The highest BCUT2D eigenvalue weighted by Crippen LogP contribution is 2.17. The summed E-state index contributed by atoms with van der Waals surface area (Å²) in [5.74, 6) is -0.242. The Morgan fingerprint density at radius 2 is 1.58 bits per heavy atom. The van der Waals surface area contributed by atoms with Crippen LogP contribution in [-0.2, 0) is 9.59 Å². The molecular weight excluding hydrogens is 304 g/mol. The van der Waals surface area contributed by atoms with Crippen LogP contribution in [0.5, 0.6) is 0 Å². The number of hydrogen-bond acceptors (Lipinski definition) is 3. The summed E-state index contributed by atoms with van der Waals surface area (Å²) in [4.78, 5) is 35.5. The molecule has 1 fully saturated rings. The summed E-state index contributed by atoms with van der Waals surface area (Å²) < 4.78 is 0. The molecule has 2 N–H and O–H groups in total. The van der Waals surface area contributed by atoms with Crippen LogP contribution < -0.4 is 10.6 Å². The molecule has 5 heteroatoms. The molecule has 1 aromatic carbocycles. The largest absolute Gasteiger partial charge is 0.356 e. The summed E-state index contributed by atoms with van der Waals surface area (Å²) in [7, 11) is 0. The number of hydrogen-bond donors (Lipinski definition) is 2. The SMILES string of the molecule is O=C(CCC(=O)c1ccccc1)NCCC(=O)NC1CCCCC1. The fourth-order valence-electron chi connectivity index (χ4n) is 2.95. The van der Waals surface area contributed by atoms with Crippen molar-refractivity contribution in [3.8, 4) is 0 Å². The lowest BCUT2D eigenvalue weighted by Crippen LogP contribution is -2.38. The lowest BCUT2D eigenvalue weighted by Gasteiger charge is -2.22. The molecule has 2 rings (SSSR count). The van der Waals surface area contributed by atoms with E-state index in [9.17, 15) is 14.4 Å². The van der Waals surface area contributed by atoms with Gasteiger partial charge in [0, 0.05) is 37.4 Å². The summed E-state index contributed by atoms with van der Waals surface area (Å²) in [6.45, 7) is 0.316. The molecule has 5 nitrogen and oxygen atoms in total. The first-order chi connectivity index (χ1) is 11.6. The van der Waals surface area contributed by atoms with Gasteiger partial charge in [-0.05, 0) is 12.8 Å². The smallest absolute Gasteiger partial charge is 0.221 e. The van der Waals surface area contributed by atoms with Crippen LogP contribution in [0.3, 0.4) is 0 Å². The van der Waals surface area contributed by atoms with Crippen molar-refractivity contribution in [1.82, 2.24) is 10.6 Å². The summed E-state index contributed by atoms with van der Waals surface area (Å²) in [5.41, 5.74) is 0.622. The number of rotatable bonds is 8. The van der Waals surface area contributed by atoms with Crippen molar-refractivity contribution in [3.05, 3.63) is 35.9 Å². The van der Waals surface area contributed by atoms with Crippen LogP contribution in [0.4, 0.5) is 0 Å². The van der Waals surface area contributed by atoms with E-state index < -0.39 is 0 Å². The molecule has 1 saturated carbocycles. The maximum absolute atomic E-state index is 11.9. The lowest BCUT2D eigenvalue weighted by molar-refractivity contribution is -0.122. The van der Waals surface area contributed by atoms with Gasteiger partial charge in [0.1, 0.15) is 0 Å². The second-order valence-corrected chi connectivity index (χ2v) is 6.29. The van der Waals surface area contributed by atoms with Crippen molar-refractivity contribution in [1.29, 1.82) is 0 Å². The van der Waals surface area contributed by atoms with Gasteiger partial charge in [0.2, 0.25) is 11.8 Å². The number of ketones is 1. The Morgan fingerprint density at radius 3 is 2.29 bits per heavy atom. The minimum absolute atomic E-state index is 0.0115. The second-order valence-electron chi connectivity index (χ2n) is 6.29. The third-order valence-electron chi connectivity index (χ3n) is 4.32. The quantitative estimate of drug-likeness (QED) is 0.720. The molecule has 0 bridgehead atoms. The van der Waals surface area contributed by atoms with Gasteiger partial charge in [-0.25, -0.2) is 0 Å². The van der Waals surface area contributed by atoms with Gasteiger partial charge in [-0.1, -0.05) is 49.6 Å². The molecule has 0 aromatic heterocycles. The summed E-state index contributed by atoms with van der Waals surface area (Å²) in [6.07, 6.45) is 6.34. The van der Waals surface area contributed by atoms with Crippen LogP contribution in [-0.4, -0.2) is 30.2 Å². The van der Waals surface area contributed by atoms with Gasteiger partial charge in [0.05, 0.1) is 0 Å². The minimum atomic E-state index is -0.190. The first-order valence-electron chi connectivity index (χ1n) is 8.79. The van der Waals surface area contributed by atoms with E-state index in [0.29, 0.717) is 18.2 Å². The van der Waals surface area contributed by atoms with Crippen LogP contribution in [0.25, 0.3) is 0 Å². The lowest BCUT2D eigenvalue weighted by atomic mass is 9.95. The predicted octanol–water partition coefficient (Wildman–Crippen LogP) is 2.60. The average molecular weight is 330 g/mol. The highest BCUT2D eigenvalue weighted by Gasteiger charge is 2.15. The van der Waals surface area contributed by atoms with Gasteiger partial charge in [0.15, 0.2) is 5.78 Å². The Balaban J connectivity index is 1.57. The van der Waals surface area contributed by atoms with Gasteiger partial charge in [-0.2, -0.15) is 0 Å². The maximum Gasteiger partial charge on any atom is 0.221 e. The Bertz CT molecular complexity index is 551. The fourth-order valence-corrected chi connectivity index (χ4v) is 2.95. The van der Waals surface area contributed by atoms with Crippen LogP contribution in [0.1, 0.15) is 61.7 Å². The molecule has 2 amide bonds. The molecule has 0 saturated heterocycles. The number of Topliss-reactive ketones (excluding diaryl/α,β-unsaturated/α-hetero) is 1. The van der Waals surface area contributed by atoms with E-state index in [0.717, 1.165) is 12.8 Å². The number of carbonyl (C=O) groups excluding carboxylic acids is 3. The zero-order chi connectivity index (χ0) is 17.2. The monoisotopic (exact) mass is 330 g/mol. The maximum atomic E-state index is 11.9.